The van der Waals surface area contributed by atoms with Crippen LogP contribution < -0.4 is 9.47 Å². The molecule has 0 atom stereocenters. The second kappa shape index (κ2) is 4.39. The lowest BCUT2D eigenvalue weighted by Gasteiger charge is -2.17. The molecular weight excluding hydrogens is 202 g/mol. The summed E-state index contributed by atoms with van der Waals surface area (Å²) in [4.78, 5) is 4.42. The molecule has 0 N–H and O–H groups in total. The Morgan fingerprint density at radius 1 is 1.25 bits per heavy atom. The zero-order valence-corrected chi connectivity index (χ0v) is 9.62. The standard InChI is InChI=1S/C13H15NO2/c1-4-11-10-8-13(16-3)12(15-2)7-9(10)5-6-14-11/h4,7-8H,1,5-6H2,2-3H3. The fourth-order valence-corrected chi connectivity index (χ4v) is 1.92. The van der Waals surface area contributed by atoms with Gasteiger partial charge in [0.25, 0.3) is 0 Å². The molecule has 0 aliphatic carbocycles. The van der Waals surface area contributed by atoms with E-state index >= 15 is 0 Å². The van der Waals surface area contributed by atoms with Crippen molar-refractivity contribution in [2.45, 2.75) is 6.42 Å². The minimum Gasteiger partial charge on any atom is -0.493 e. The first kappa shape index (κ1) is 10.7. The summed E-state index contributed by atoms with van der Waals surface area (Å²) in [7, 11) is 3.29. The first-order chi connectivity index (χ1) is 7.80. The van der Waals surface area contributed by atoms with Crippen molar-refractivity contribution < 1.29 is 9.47 Å². The van der Waals surface area contributed by atoms with E-state index in [1.165, 1.54) is 5.56 Å². The topological polar surface area (TPSA) is 30.8 Å². The van der Waals surface area contributed by atoms with Gasteiger partial charge in [-0.2, -0.15) is 0 Å². The molecule has 0 fully saturated rings. The van der Waals surface area contributed by atoms with Gasteiger partial charge < -0.3 is 9.47 Å². The molecule has 3 nitrogen and oxygen atoms in total. The van der Waals surface area contributed by atoms with Crippen molar-refractivity contribution in [2.75, 3.05) is 20.8 Å². The SMILES string of the molecule is C=CC1=NCCc2cc(OC)c(OC)cc21. The number of fused-ring (bicyclic) bond motifs is 1. The van der Waals surface area contributed by atoms with Crippen LogP contribution in [0.3, 0.4) is 0 Å². The molecule has 2 rings (SSSR count). The molecule has 1 heterocycles. The molecule has 1 aromatic carbocycles. The Morgan fingerprint density at radius 2 is 1.94 bits per heavy atom. The molecule has 0 amide bonds. The Morgan fingerprint density at radius 3 is 2.56 bits per heavy atom. The van der Waals surface area contributed by atoms with Crippen LogP contribution >= 0.6 is 0 Å². The zero-order chi connectivity index (χ0) is 11.5. The Hall–Kier alpha value is -1.77. The van der Waals surface area contributed by atoms with E-state index in [0.29, 0.717) is 0 Å². The average Bonchev–Trinajstić information content (AvgIpc) is 2.36. The molecule has 1 aliphatic heterocycles. The van der Waals surface area contributed by atoms with Gasteiger partial charge in [0.05, 0.1) is 19.9 Å². The van der Waals surface area contributed by atoms with Crippen LogP contribution in [0, 0.1) is 0 Å². The Balaban J connectivity index is 2.56. The number of rotatable bonds is 3. The van der Waals surface area contributed by atoms with Crippen LogP contribution in [0.25, 0.3) is 0 Å². The fraction of sp³-hybridized carbons (Fsp3) is 0.308. The summed E-state index contributed by atoms with van der Waals surface area (Å²) in [6.45, 7) is 4.59. The third-order valence-electron chi connectivity index (χ3n) is 2.74. The predicted molar refractivity (Wildman–Crippen MR) is 64.9 cm³/mol. The monoisotopic (exact) mass is 217 g/mol. The molecule has 0 spiro atoms. The van der Waals surface area contributed by atoms with Crippen molar-refractivity contribution in [1.82, 2.24) is 0 Å². The number of hydrogen-bond acceptors (Lipinski definition) is 3. The zero-order valence-electron chi connectivity index (χ0n) is 9.62. The summed E-state index contributed by atoms with van der Waals surface area (Å²) < 4.78 is 10.6. The summed E-state index contributed by atoms with van der Waals surface area (Å²) in [5, 5.41) is 0. The van der Waals surface area contributed by atoms with E-state index in [9.17, 15) is 0 Å². The highest BCUT2D eigenvalue weighted by Crippen LogP contribution is 2.32. The largest absolute Gasteiger partial charge is 0.493 e. The van der Waals surface area contributed by atoms with Crippen molar-refractivity contribution in [3.63, 3.8) is 0 Å². The lowest BCUT2D eigenvalue weighted by Crippen LogP contribution is -2.11. The lowest BCUT2D eigenvalue weighted by atomic mass is 9.97. The molecule has 0 saturated heterocycles. The van der Waals surface area contributed by atoms with Crippen LogP contribution in [-0.2, 0) is 6.42 Å². The average molecular weight is 217 g/mol. The van der Waals surface area contributed by atoms with Crippen LogP contribution in [0.1, 0.15) is 11.1 Å². The second-order valence-electron chi connectivity index (χ2n) is 3.59. The molecular formula is C13H15NO2. The van der Waals surface area contributed by atoms with Gasteiger partial charge in [-0.25, -0.2) is 0 Å². The van der Waals surface area contributed by atoms with Gasteiger partial charge in [0.15, 0.2) is 11.5 Å². The quantitative estimate of drug-likeness (QED) is 0.777. The number of aliphatic imine (C=N–C) groups is 1. The molecule has 0 unspecified atom stereocenters. The molecule has 0 bridgehead atoms. The Bertz CT molecular complexity index is 449. The highest BCUT2D eigenvalue weighted by atomic mass is 16.5. The number of methoxy groups -OCH3 is 2. The van der Waals surface area contributed by atoms with Crippen molar-refractivity contribution in [2.24, 2.45) is 4.99 Å². The highest BCUT2D eigenvalue weighted by molar-refractivity contribution is 6.10. The van der Waals surface area contributed by atoms with Crippen molar-refractivity contribution in [3.8, 4) is 11.5 Å². The molecule has 1 aliphatic rings. The minimum absolute atomic E-state index is 0.734. The van der Waals surface area contributed by atoms with Crippen LogP contribution in [0.5, 0.6) is 11.5 Å². The number of nitrogens with zero attached hydrogens (tertiary/aromatic N) is 1. The summed E-state index contributed by atoms with van der Waals surface area (Å²) in [6.07, 6.45) is 2.72. The van der Waals surface area contributed by atoms with E-state index in [0.717, 1.165) is 35.7 Å². The number of ether oxygens (including phenoxy) is 2. The maximum Gasteiger partial charge on any atom is 0.161 e. The van der Waals surface area contributed by atoms with Gasteiger partial charge in [-0.15, -0.1) is 0 Å². The van der Waals surface area contributed by atoms with E-state index in [-0.39, 0.29) is 0 Å². The van der Waals surface area contributed by atoms with Gasteiger partial charge in [-0.05, 0) is 30.2 Å². The third kappa shape index (κ3) is 1.69. The smallest absolute Gasteiger partial charge is 0.161 e. The Labute approximate surface area is 95.4 Å². The molecule has 1 aromatic rings. The first-order valence-corrected chi connectivity index (χ1v) is 5.22. The van der Waals surface area contributed by atoms with Gasteiger partial charge in [-0.1, -0.05) is 6.58 Å². The van der Waals surface area contributed by atoms with Gasteiger partial charge in [0.2, 0.25) is 0 Å². The molecule has 3 heteroatoms. The van der Waals surface area contributed by atoms with Crippen LogP contribution in [-0.4, -0.2) is 26.5 Å². The van der Waals surface area contributed by atoms with E-state index in [4.69, 9.17) is 9.47 Å². The summed E-state index contributed by atoms with van der Waals surface area (Å²) in [5.41, 5.74) is 3.27. The van der Waals surface area contributed by atoms with Gasteiger partial charge in [-0.3, -0.25) is 4.99 Å². The predicted octanol–water partition coefficient (Wildman–Crippen LogP) is 2.24. The maximum absolute atomic E-state index is 5.28. The number of benzene rings is 1. The molecule has 0 radical (unpaired) electrons. The number of allylic oxidation sites excluding steroid dienone is 1. The van der Waals surface area contributed by atoms with Crippen molar-refractivity contribution in [3.05, 3.63) is 35.9 Å². The summed E-state index contributed by atoms with van der Waals surface area (Å²) in [6, 6.07) is 3.99. The van der Waals surface area contributed by atoms with Gasteiger partial charge in [0, 0.05) is 12.1 Å². The van der Waals surface area contributed by atoms with E-state index in [1.807, 2.05) is 12.1 Å². The molecule has 84 valence electrons. The van der Waals surface area contributed by atoms with Crippen molar-refractivity contribution in [1.29, 1.82) is 0 Å². The normalized spacial score (nSPS) is 13.8. The first-order valence-electron chi connectivity index (χ1n) is 5.22. The fourth-order valence-electron chi connectivity index (χ4n) is 1.92. The molecule has 16 heavy (non-hydrogen) atoms. The minimum atomic E-state index is 0.734. The van der Waals surface area contributed by atoms with Crippen LogP contribution in [0.2, 0.25) is 0 Å². The Kier molecular flexibility index (Phi) is 2.95. The van der Waals surface area contributed by atoms with Crippen LogP contribution in [0.4, 0.5) is 0 Å². The lowest BCUT2D eigenvalue weighted by molar-refractivity contribution is 0.354. The summed E-state index contributed by atoms with van der Waals surface area (Å²) in [5.74, 6) is 1.50. The van der Waals surface area contributed by atoms with Crippen LogP contribution in [0.15, 0.2) is 29.8 Å². The van der Waals surface area contributed by atoms with E-state index < -0.39 is 0 Å². The van der Waals surface area contributed by atoms with E-state index in [1.54, 1.807) is 20.3 Å². The summed E-state index contributed by atoms with van der Waals surface area (Å²) >= 11 is 0. The maximum atomic E-state index is 5.28. The third-order valence-corrected chi connectivity index (χ3v) is 2.74. The van der Waals surface area contributed by atoms with Gasteiger partial charge >= 0.3 is 0 Å². The molecule has 0 saturated carbocycles. The number of hydrogen-bond donors (Lipinski definition) is 0. The molecule has 0 aromatic heterocycles. The van der Waals surface area contributed by atoms with Gasteiger partial charge in [0.1, 0.15) is 0 Å². The highest BCUT2D eigenvalue weighted by Gasteiger charge is 2.16. The second-order valence-corrected chi connectivity index (χ2v) is 3.59. The van der Waals surface area contributed by atoms with E-state index in [2.05, 4.69) is 11.6 Å². The van der Waals surface area contributed by atoms with Crippen molar-refractivity contribution >= 4 is 5.71 Å².